The predicted octanol–water partition coefficient (Wildman–Crippen LogP) is 3.00. The van der Waals surface area contributed by atoms with Gasteiger partial charge in [0.15, 0.2) is 5.78 Å². The zero-order chi connectivity index (χ0) is 15.1. The van der Waals surface area contributed by atoms with Crippen LogP contribution >= 0.6 is 0 Å². The van der Waals surface area contributed by atoms with Crippen molar-refractivity contribution < 1.29 is 23.5 Å². The summed E-state index contributed by atoms with van der Waals surface area (Å²) in [7, 11) is 1.35. The zero-order valence-corrected chi connectivity index (χ0v) is 11.9. The van der Waals surface area contributed by atoms with Crippen LogP contribution in [0.2, 0.25) is 0 Å². The van der Waals surface area contributed by atoms with Crippen LogP contribution in [0, 0.1) is 11.7 Å². The summed E-state index contributed by atoms with van der Waals surface area (Å²) >= 11 is 0. The lowest BCUT2D eigenvalue weighted by atomic mass is 9.92. The standard InChI is InChI=1S/C15H19FO4/c1-4-7-10(15(18)20-5-2)14(17)13-11(16)8-6-9-12(13)19-3/h6,8-10H,4-5,7H2,1-3H3. The van der Waals surface area contributed by atoms with Gasteiger partial charge in [0, 0.05) is 0 Å². The number of rotatable bonds is 7. The van der Waals surface area contributed by atoms with E-state index in [-0.39, 0.29) is 17.9 Å². The first-order valence-corrected chi connectivity index (χ1v) is 6.60. The fourth-order valence-electron chi connectivity index (χ4n) is 1.98. The Bertz CT molecular complexity index is 485. The van der Waals surface area contributed by atoms with Gasteiger partial charge in [-0.05, 0) is 25.5 Å². The number of ether oxygens (including phenoxy) is 2. The van der Waals surface area contributed by atoms with Crippen LogP contribution in [-0.2, 0) is 9.53 Å². The van der Waals surface area contributed by atoms with E-state index in [0.717, 1.165) is 0 Å². The van der Waals surface area contributed by atoms with Crippen molar-refractivity contribution in [2.45, 2.75) is 26.7 Å². The highest BCUT2D eigenvalue weighted by atomic mass is 19.1. The van der Waals surface area contributed by atoms with Gasteiger partial charge >= 0.3 is 5.97 Å². The molecule has 1 aromatic rings. The van der Waals surface area contributed by atoms with Crippen LogP contribution in [0.5, 0.6) is 5.75 Å². The third-order valence-corrected chi connectivity index (χ3v) is 2.91. The summed E-state index contributed by atoms with van der Waals surface area (Å²) in [5.41, 5.74) is -0.193. The molecule has 0 aliphatic heterocycles. The zero-order valence-electron chi connectivity index (χ0n) is 11.9. The Kier molecular flexibility index (Phi) is 6.15. The topological polar surface area (TPSA) is 52.6 Å². The van der Waals surface area contributed by atoms with E-state index in [1.165, 1.54) is 25.3 Å². The van der Waals surface area contributed by atoms with Crippen LogP contribution < -0.4 is 4.74 Å². The highest BCUT2D eigenvalue weighted by molar-refractivity contribution is 6.10. The highest BCUT2D eigenvalue weighted by Crippen LogP contribution is 2.26. The van der Waals surface area contributed by atoms with Gasteiger partial charge in [0.25, 0.3) is 0 Å². The minimum Gasteiger partial charge on any atom is -0.496 e. The van der Waals surface area contributed by atoms with Crippen molar-refractivity contribution in [3.63, 3.8) is 0 Å². The first kappa shape index (κ1) is 16.1. The molecule has 5 heteroatoms. The number of methoxy groups -OCH3 is 1. The molecule has 20 heavy (non-hydrogen) atoms. The summed E-state index contributed by atoms with van der Waals surface area (Å²) in [6, 6.07) is 4.11. The van der Waals surface area contributed by atoms with Crippen LogP contribution in [0.4, 0.5) is 4.39 Å². The summed E-state index contributed by atoms with van der Waals surface area (Å²) in [6.45, 7) is 3.69. The Morgan fingerprint density at radius 3 is 2.55 bits per heavy atom. The number of carbonyl (C=O) groups is 2. The molecular weight excluding hydrogens is 263 g/mol. The maximum atomic E-state index is 13.9. The van der Waals surface area contributed by atoms with Crippen molar-refractivity contribution in [3.8, 4) is 5.75 Å². The minimum atomic E-state index is -0.995. The summed E-state index contributed by atoms with van der Waals surface area (Å²) in [5, 5.41) is 0. The normalized spacial score (nSPS) is 11.8. The molecule has 0 amide bonds. The Balaban J connectivity index is 3.15. The molecule has 0 saturated carbocycles. The van der Waals surface area contributed by atoms with Crippen LogP contribution in [-0.4, -0.2) is 25.5 Å². The van der Waals surface area contributed by atoms with Gasteiger partial charge in [-0.3, -0.25) is 9.59 Å². The van der Waals surface area contributed by atoms with Gasteiger partial charge in [-0.15, -0.1) is 0 Å². The van der Waals surface area contributed by atoms with E-state index in [1.807, 2.05) is 6.92 Å². The second kappa shape index (κ2) is 7.62. The Labute approximate surface area is 117 Å². The number of benzene rings is 1. The van der Waals surface area contributed by atoms with Gasteiger partial charge in [0.1, 0.15) is 17.5 Å². The average molecular weight is 282 g/mol. The van der Waals surface area contributed by atoms with E-state index < -0.39 is 23.5 Å². The number of carbonyl (C=O) groups excluding carboxylic acids is 2. The van der Waals surface area contributed by atoms with Crippen molar-refractivity contribution in [2.24, 2.45) is 5.92 Å². The molecule has 0 aromatic heterocycles. The van der Waals surface area contributed by atoms with Gasteiger partial charge in [0.05, 0.1) is 19.3 Å². The molecule has 0 aliphatic rings. The molecule has 4 nitrogen and oxygen atoms in total. The van der Waals surface area contributed by atoms with Crippen LogP contribution in [0.15, 0.2) is 18.2 Å². The van der Waals surface area contributed by atoms with Crippen molar-refractivity contribution in [2.75, 3.05) is 13.7 Å². The highest BCUT2D eigenvalue weighted by Gasteiger charge is 2.31. The first-order chi connectivity index (χ1) is 9.56. The molecule has 1 rings (SSSR count). The fraction of sp³-hybridized carbons (Fsp3) is 0.467. The molecule has 110 valence electrons. The second-order valence-corrected chi connectivity index (χ2v) is 4.27. The fourth-order valence-corrected chi connectivity index (χ4v) is 1.98. The van der Waals surface area contributed by atoms with E-state index in [9.17, 15) is 14.0 Å². The number of ketones is 1. The van der Waals surface area contributed by atoms with Crippen LogP contribution in [0.25, 0.3) is 0 Å². The molecule has 0 heterocycles. The quantitative estimate of drug-likeness (QED) is 0.438. The van der Waals surface area contributed by atoms with E-state index in [0.29, 0.717) is 12.8 Å². The van der Waals surface area contributed by atoms with Crippen molar-refractivity contribution in [1.82, 2.24) is 0 Å². The van der Waals surface area contributed by atoms with Crippen molar-refractivity contribution >= 4 is 11.8 Å². The van der Waals surface area contributed by atoms with Crippen molar-refractivity contribution in [1.29, 1.82) is 0 Å². The van der Waals surface area contributed by atoms with E-state index >= 15 is 0 Å². The number of Topliss-reactive ketones (excluding diaryl/α,β-unsaturated/α-hetero) is 1. The Morgan fingerprint density at radius 1 is 1.30 bits per heavy atom. The third-order valence-electron chi connectivity index (χ3n) is 2.91. The lowest BCUT2D eigenvalue weighted by Crippen LogP contribution is -2.27. The van der Waals surface area contributed by atoms with Crippen LogP contribution in [0.1, 0.15) is 37.0 Å². The third kappa shape index (κ3) is 3.56. The molecule has 1 aromatic carbocycles. The number of esters is 1. The van der Waals surface area contributed by atoms with Crippen molar-refractivity contribution in [3.05, 3.63) is 29.6 Å². The molecule has 0 aliphatic carbocycles. The van der Waals surface area contributed by atoms with Gasteiger partial charge in [-0.25, -0.2) is 4.39 Å². The second-order valence-electron chi connectivity index (χ2n) is 4.27. The van der Waals surface area contributed by atoms with Gasteiger partial charge in [0.2, 0.25) is 0 Å². The molecule has 0 bridgehead atoms. The molecule has 0 saturated heterocycles. The summed E-state index contributed by atoms with van der Waals surface area (Å²) in [5.74, 6) is -2.78. The number of hydrogen-bond acceptors (Lipinski definition) is 4. The maximum Gasteiger partial charge on any atom is 0.316 e. The molecule has 0 fully saturated rings. The summed E-state index contributed by atoms with van der Waals surface area (Å²) in [6.07, 6.45) is 0.932. The first-order valence-electron chi connectivity index (χ1n) is 6.60. The SMILES string of the molecule is CCCC(C(=O)OCC)C(=O)c1c(F)cccc1OC. The summed E-state index contributed by atoms with van der Waals surface area (Å²) in [4.78, 5) is 24.3. The molecule has 1 unspecified atom stereocenters. The predicted molar refractivity (Wildman–Crippen MR) is 72.3 cm³/mol. The Hall–Kier alpha value is -1.91. The van der Waals surface area contributed by atoms with E-state index in [4.69, 9.17) is 9.47 Å². The van der Waals surface area contributed by atoms with E-state index in [1.54, 1.807) is 6.92 Å². The monoisotopic (exact) mass is 282 g/mol. The molecule has 1 atom stereocenters. The number of halogens is 1. The molecular formula is C15H19FO4. The number of hydrogen-bond donors (Lipinski definition) is 0. The average Bonchev–Trinajstić information content (AvgIpc) is 2.43. The molecule has 0 spiro atoms. The summed E-state index contributed by atoms with van der Waals surface area (Å²) < 4.78 is 23.8. The van der Waals surface area contributed by atoms with Gasteiger partial charge < -0.3 is 9.47 Å². The largest absolute Gasteiger partial charge is 0.496 e. The van der Waals surface area contributed by atoms with Crippen LogP contribution in [0.3, 0.4) is 0 Å². The minimum absolute atomic E-state index is 0.125. The molecule has 0 radical (unpaired) electrons. The smallest absolute Gasteiger partial charge is 0.316 e. The van der Waals surface area contributed by atoms with E-state index in [2.05, 4.69) is 0 Å². The van der Waals surface area contributed by atoms with Gasteiger partial charge in [-0.1, -0.05) is 19.4 Å². The maximum absolute atomic E-state index is 13.9. The molecule has 0 N–H and O–H groups in total. The lowest BCUT2D eigenvalue weighted by Gasteiger charge is -2.16. The lowest BCUT2D eigenvalue weighted by molar-refractivity contribution is -0.146. The van der Waals surface area contributed by atoms with Gasteiger partial charge in [-0.2, -0.15) is 0 Å². The Morgan fingerprint density at radius 2 is 2.00 bits per heavy atom.